The highest BCUT2D eigenvalue weighted by Gasteiger charge is 2.29. The van der Waals surface area contributed by atoms with Crippen LogP contribution in [0.25, 0.3) is 0 Å². The van der Waals surface area contributed by atoms with E-state index in [0.29, 0.717) is 0 Å². The number of likely N-dealkylation sites (tertiary alicyclic amines) is 1. The van der Waals surface area contributed by atoms with Crippen molar-refractivity contribution in [2.24, 2.45) is 5.92 Å². The smallest absolute Gasteiger partial charge is 0.240 e. The average molecular weight is 369 g/mol. The second-order valence-electron chi connectivity index (χ2n) is 6.88. The van der Waals surface area contributed by atoms with E-state index >= 15 is 0 Å². The van der Waals surface area contributed by atoms with Crippen molar-refractivity contribution < 1.29 is 4.79 Å². The maximum absolute atomic E-state index is 13.3. The second-order valence-corrected chi connectivity index (χ2v) is 8.06. The largest absolute Gasteiger partial charge is 0.341 e. The molecule has 3 rings (SSSR count). The van der Waals surface area contributed by atoms with Gasteiger partial charge in [0.2, 0.25) is 5.91 Å². The predicted octanol–water partition coefficient (Wildman–Crippen LogP) is 4.37. The molecule has 0 saturated carbocycles. The molecule has 0 radical (unpaired) electrons. The molecular formula is C22H28N2OS. The molecule has 3 nitrogen and oxygen atoms in total. The first kappa shape index (κ1) is 19.0. The Morgan fingerprint density at radius 2 is 1.69 bits per heavy atom. The fourth-order valence-electron chi connectivity index (χ4n) is 3.48. The van der Waals surface area contributed by atoms with Crippen LogP contribution in [0.15, 0.2) is 65.6 Å². The van der Waals surface area contributed by atoms with Crippen molar-refractivity contribution in [3.8, 4) is 0 Å². The van der Waals surface area contributed by atoms with Gasteiger partial charge in [-0.2, -0.15) is 0 Å². The minimum atomic E-state index is -0.174. The van der Waals surface area contributed by atoms with E-state index in [4.69, 9.17) is 0 Å². The number of benzene rings is 2. The summed E-state index contributed by atoms with van der Waals surface area (Å²) in [6.07, 6.45) is 3.44. The molecule has 0 aromatic heterocycles. The number of hydrogen-bond acceptors (Lipinski definition) is 3. The molecule has 1 amide bonds. The second kappa shape index (κ2) is 9.79. The highest BCUT2D eigenvalue weighted by atomic mass is 32.2. The minimum absolute atomic E-state index is 0.174. The lowest BCUT2D eigenvalue weighted by Crippen LogP contribution is -2.40. The third-order valence-electron chi connectivity index (χ3n) is 5.05. The van der Waals surface area contributed by atoms with E-state index < -0.39 is 0 Å². The molecule has 2 aromatic rings. The Morgan fingerprint density at radius 1 is 1.08 bits per heavy atom. The topological polar surface area (TPSA) is 32.3 Å². The first-order chi connectivity index (χ1) is 12.8. The van der Waals surface area contributed by atoms with Gasteiger partial charge in [0.1, 0.15) is 5.25 Å². The van der Waals surface area contributed by atoms with E-state index in [1.54, 1.807) is 11.8 Å². The molecule has 2 aromatic carbocycles. The average Bonchev–Trinajstić information content (AvgIpc) is 2.72. The Kier molecular flexibility index (Phi) is 7.15. The van der Waals surface area contributed by atoms with Gasteiger partial charge in [-0.15, -0.1) is 11.8 Å². The number of carbonyl (C=O) groups is 1. The van der Waals surface area contributed by atoms with Gasteiger partial charge in [-0.05, 0) is 56.5 Å². The molecule has 1 unspecified atom stereocenters. The van der Waals surface area contributed by atoms with Gasteiger partial charge in [0.05, 0.1) is 0 Å². The van der Waals surface area contributed by atoms with Crippen molar-refractivity contribution >= 4 is 17.7 Å². The molecule has 0 bridgehead atoms. The van der Waals surface area contributed by atoms with Gasteiger partial charge < -0.3 is 10.2 Å². The highest BCUT2D eigenvalue weighted by molar-refractivity contribution is 8.00. The third kappa shape index (κ3) is 5.12. The maximum Gasteiger partial charge on any atom is 0.240 e. The summed E-state index contributed by atoms with van der Waals surface area (Å²) >= 11 is 1.66. The number of rotatable bonds is 7. The normalized spacial score (nSPS) is 16.4. The van der Waals surface area contributed by atoms with Crippen LogP contribution in [-0.2, 0) is 4.79 Å². The first-order valence-corrected chi connectivity index (χ1v) is 10.4. The molecule has 1 aliphatic heterocycles. The molecule has 1 aliphatic rings. The fourth-order valence-corrected chi connectivity index (χ4v) is 4.61. The number of hydrogen-bond donors (Lipinski definition) is 1. The number of nitrogens with one attached hydrogen (secondary N) is 1. The van der Waals surface area contributed by atoms with Gasteiger partial charge in [-0.1, -0.05) is 48.5 Å². The van der Waals surface area contributed by atoms with Crippen molar-refractivity contribution in [1.29, 1.82) is 0 Å². The quantitative estimate of drug-likeness (QED) is 0.737. The summed E-state index contributed by atoms with van der Waals surface area (Å²) in [4.78, 5) is 16.5. The number of carbonyl (C=O) groups excluding carboxylic acids is 1. The molecule has 1 heterocycles. The van der Waals surface area contributed by atoms with Gasteiger partial charge in [0.25, 0.3) is 0 Å². The van der Waals surface area contributed by atoms with Crippen LogP contribution in [0.3, 0.4) is 0 Å². The molecule has 0 aliphatic carbocycles. The van der Waals surface area contributed by atoms with Gasteiger partial charge in [-0.25, -0.2) is 0 Å². The number of thioether (sulfide) groups is 1. The standard InChI is InChI=1S/C22H28N2OS/c1-23-15-12-18-13-16-24(17-14-18)22(25)21(19-8-4-2-5-9-19)26-20-10-6-3-7-11-20/h2-11,18,21,23H,12-17H2,1H3. The van der Waals surface area contributed by atoms with Crippen LogP contribution in [0, 0.1) is 5.92 Å². The number of piperidine rings is 1. The number of nitrogens with zero attached hydrogens (tertiary/aromatic N) is 1. The highest BCUT2D eigenvalue weighted by Crippen LogP contribution is 2.37. The van der Waals surface area contributed by atoms with Crippen molar-refractivity contribution in [2.45, 2.75) is 29.4 Å². The summed E-state index contributed by atoms with van der Waals surface area (Å²) in [6, 6.07) is 20.4. The van der Waals surface area contributed by atoms with Crippen molar-refractivity contribution in [2.75, 3.05) is 26.7 Å². The van der Waals surface area contributed by atoms with E-state index in [2.05, 4.69) is 34.5 Å². The van der Waals surface area contributed by atoms with Crippen LogP contribution in [0.4, 0.5) is 0 Å². The van der Waals surface area contributed by atoms with E-state index in [0.717, 1.165) is 48.9 Å². The lowest BCUT2D eigenvalue weighted by atomic mass is 9.93. The van der Waals surface area contributed by atoms with Crippen LogP contribution in [0.5, 0.6) is 0 Å². The fraction of sp³-hybridized carbons (Fsp3) is 0.409. The van der Waals surface area contributed by atoms with Gasteiger partial charge in [0, 0.05) is 18.0 Å². The Bertz CT molecular complexity index is 669. The Hall–Kier alpha value is -1.78. The molecule has 0 spiro atoms. The zero-order valence-corrected chi connectivity index (χ0v) is 16.3. The molecule has 26 heavy (non-hydrogen) atoms. The zero-order valence-electron chi connectivity index (χ0n) is 15.4. The van der Waals surface area contributed by atoms with Crippen molar-refractivity contribution in [3.63, 3.8) is 0 Å². The Balaban J connectivity index is 1.69. The molecule has 4 heteroatoms. The van der Waals surface area contributed by atoms with Crippen LogP contribution in [0.2, 0.25) is 0 Å². The Morgan fingerprint density at radius 3 is 2.31 bits per heavy atom. The molecule has 1 atom stereocenters. The van der Waals surface area contributed by atoms with Crippen molar-refractivity contribution in [3.05, 3.63) is 66.2 Å². The van der Waals surface area contributed by atoms with Crippen LogP contribution < -0.4 is 5.32 Å². The molecule has 1 fully saturated rings. The monoisotopic (exact) mass is 368 g/mol. The van der Waals surface area contributed by atoms with Gasteiger partial charge in [-0.3, -0.25) is 4.79 Å². The third-order valence-corrected chi connectivity index (χ3v) is 6.31. The van der Waals surface area contributed by atoms with E-state index in [-0.39, 0.29) is 11.2 Å². The zero-order chi connectivity index (χ0) is 18.2. The molecule has 138 valence electrons. The summed E-state index contributed by atoms with van der Waals surface area (Å²) in [5.74, 6) is 0.987. The summed E-state index contributed by atoms with van der Waals surface area (Å²) in [6.45, 7) is 2.83. The predicted molar refractivity (Wildman–Crippen MR) is 109 cm³/mol. The summed E-state index contributed by atoms with van der Waals surface area (Å²) in [5, 5.41) is 3.06. The van der Waals surface area contributed by atoms with Crippen LogP contribution in [-0.4, -0.2) is 37.5 Å². The SMILES string of the molecule is CNCCC1CCN(C(=O)C(Sc2ccccc2)c2ccccc2)CC1. The lowest BCUT2D eigenvalue weighted by molar-refractivity contribution is -0.132. The van der Waals surface area contributed by atoms with E-state index in [9.17, 15) is 4.79 Å². The van der Waals surface area contributed by atoms with Gasteiger partial charge >= 0.3 is 0 Å². The molecular weight excluding hydrogens is 340 g/mol. The summed E-state index contributed by atoms with van der Waals surface area (Å²) < 4.78 is 0. The molecule has 1 N–H and O–H groups in total. The summed E-state index contributed by atoms with van der Waals surface area (Å²) in [5.41, 5.74) is 1.09. The van der Waals surface area contributed by atoms with E-state index in [1.165, 1.54) is 6.42 Å². The van der Waals surface area contributed by atoms with Crippen LogP contribution in [0.1, 0.15) is 30.1 Å². The summed E-state index contributed by atoms with van der Waals surface area (Å²) in [7, 11) is 2.00. The van der Waals surface area contributed by atoms with E-state index in [1.807, 2.05) is 43.4 Å². The first-order valence-electron chi connectivity index (χ1n) is 9.48. The Labute approximate surface area is 161 Å². The lowest BCUT2D eigenvalue weighted by Gasteiger charge is -2.34. The maximum atomic E-state index is 13.3. The molecule has 1 saturated heterocycles. The number of amides is 1. The van der Waals surface area contributed by atoms with Crippen molar-refractivity contribution in [1.82, 2.24) is 10.2 Å². The van der Waals surface area contributed by atoms with Crippen LogP contribution >= 0.6 is 11.8 Å². The van der Waals surface area contributed by atoms with Gasteiger partial charge in [0.15, 0.2) is 0 Å². The minimum Gasteiger partial charge on any atom is -0.341 e.